The van der Waals surface area contributed by atoms with Crippen molar-refractivity contribution in [2.75, 3.05) is 58.6 Å². The highest BCUT2D eigenvalue weighted by atomic mass is 16.5. The zero-order valence-corrected chi connectivity index (χ0v) is 21.2. The van der Waals surface area contributed by atoms with Gasteiger partial charge in [0.05, 0.1) is 25.5 Å². The van der Waals surface area contributed by atoms with Gasteiger partial charge < -0.3 is 29.9 Å². The Kier molecular flexibility index (Phi) is 7.99. The average Bonchev–Trinajstić information content (AvgIpc) is 3.19. The zero-order chi connectivity index (χ0) is 25.7. The number of ether oxygens (including phenoxy) is 2. The van der Waals surface area contributed by atoms with Crippen LogP contribution in [0.4, 0.5) is 17.3 Å². The van der Waals surface area contributed by atoms with Gasteiger partial charge in [-0.2, -0.15) is 0 Å². The van der Waals surface area contributed by atoms with Gasteiger partial charge in [0, 0.05) is 50.9 Å². The minimum Gasteiger partial charge on any atom is -0.493 e. The van der Waals surface area contributed by atoms with Crippen molar-refractivity contribution >= 4 is 35.4 Å². The molecule has 36 heavy (non-hydrogen) atoms. The number of carbonyl (C=O) groups excluding carboxylic acids is 2. The Morgan fingerprint density at radius 3 is 2.61 bits per heavy atom. The maximum Gasteiger partial charge on any atom is 0.238 e. The minimum atomic E-state index is -0.663. The second-order valence-corrected chi connectivity index (χ2v) is 9.01. The number of hydrogen-bond donors (Lipinski definition) is 2. The first-order valence-corrected chi connectivity index (χ1v) is 12.0. The highest BCUT2D eigenvalue weighted by Gasteiger charge is 2.34. The molecular weight excluding hydrogens is 462 g/mol. The van der Waals surface area contributed by atoms with Gasteiger partial charge >= 0.3 is 0 Å². The average molecular weight is 496 g/mol. The number of hydrogen-bond acceptors (Lipinski definition) is 9. The molecule has 11 nitrogen and oxygen atoms in total. The first-order valence-electron chi connectivity index (χ1n) is 12.0. The number of anilines is 2. The normalized spacial score (nSPS) is 19.4. The summed E-state index contributed by atoms with van der Waals surface area (Å²) >= 11 is 0. The van der Waals surface area contributed by atoms with Crippen molar-refractivity contribution in [3.8, 4) is 11.5 Å². The number of likely N-dealkylation sites (N-methyl/N-ethyl adjacent to an activating group) is 1. The zero-order valence-electron chi connectivity index (χ0n) is 21.2. The summed E-state index contributed by atoms with van der Waals surface area (Å²) in [6.45, 7) is 2.45. The topological polar surface area (TPSA) is 121 Å². The monoisotopic (exact) mass is 495 g/mol. The van der Waals surface area contributed by atoms with E-state index in [2.05, 4.69) is 30.5 Å². The number of carbonyl (C=O) groups is 2. The van der Waals surface area contributed by atoms with Gasteiger partial charge in [0.1, 0.15) is 23.9 Å². The standard InChI is InChI=1S/C25H33N7O4/c1-31-9-6-5-7-20(33)32(2)10-8-26-23-21-18(25(34)30-24(21)29-15-28-23)13-27-17-11-16(14-31)22(36-4)19(12-17)35-3/h11-13,15,18H,5-10,14H2,1-4H3,(H2,26,28,29,30,34). The molecule has 1 unspecified atom stereocenters. The number of amides is 2. The number of fused-ring (bicyclic) bond motifs is 2. The van der Waals surface area contributed by atoms with Crippen molar-refractivity contribution in [2.45, 2.75) is 31.7 Å². The van der Waals surface area contributed by atoms with E-state index in [-0.39, 0.29) is 11.8 Å². The summed E-state index contributed by atoms with van der Waals surface area (Å²) in [7, 11) is 7.04. The van der Waals surface area contributed by atoms with Crippen LogP contribution in [0, 0.1) is 0 Å². The Hall–Kier alpha value is -3.73. The van der Waals surface area contributed by atoms with Crippen molar-refractivity contribution in [1.29, 1.82) is 0 Å². The maximum absolute atomic E-state index is 12.8. The molecule has 3 heterocycles. The number of nitrogens with one attached hydrogen (secondary N) is 2. The van der Waals surface area contributed by atoms with Gasteiger partial charge in [0.25, 0.3) is 0 Å². The lowest BCUT2D eigenvalue weighted by atomic mass is 10.0. The molecule has 0 saturated carbocycles. The lowest BCUT2D eigenvalue weighted by molar-refractivity contribution is -0.129. The van der Waals surface area contributed by atoms with Crippen LogP contribution in [0.15, 0.2) is 23.5 Å². The molecule has 0 fully saturated rings. The van der Waals surface area contributed by atoms with Crippen LogP contribution < -0.4 is 20.1 Å². The van der Waals surface area contributed by atoms with E-state index in [1.807, 2.05) is 13.1 Å². The Morgan fingerprint density at radius 1 is 1.03 bits per heavy atom. The van der Waals surface area contributed by atoms with Crippen LogP contribution in [0.3, 0.4) is 0 Å². The van der Waals surface area contributed by atoms with Crippen molar-refractivity contribution in [2.24, 2.45) is 4.99 Å². The van der Waals surface area contributed by atoms with E-state index in [0.29, 0.717) is 60.4 Å². The fourth-order valence-electron chi connectivity index (χ4n) is 4.46. The summed E-state index contributed by atoms with van der Waals surface area (Å²) in [5.74, 6) is 1.43. The number of methoxy groups -OCH3 is 2. The highest BCUT2D eigenvalue weighted by Crippen LogP contribution is 2.38. The van der Waals surface area contributed by atoms with E-state index in [4.69, 9.17) is 9.47 Å². The first-order chi connectivity index (χ1) is 17.4. The Balaban J connectivity index is 1.71. The SMILES string of the molecule is COc1cc2cc(c1OC)CN(C)CCCCC(=O)N(C)CCNc1ncnc3c1C(C=N2)C(=O)N3. The molecule has 2 amide bonds. The van der Waals surface area contributed by atoms with E-state index in [0.717, 1.165) is 24.9 Å². The summed E-state index contributed by atoms with van der Waals surface area (Å²) in [6.07, 6.45) is 5.21. The van der Waals surface area contributed by atoms with Gasteiger partial charge in [-0.3, -0.25) is 14.6 Å². The summed E-state index contributed by atoms with van der Waals surface area (Å²) in [5.41, 5.74) is 2.20. The fourth-order valence-corrected chi connectivity index (χ4v) is 4.46. The minimum absolute atomic E-state index is 0.103. The number of rotatable bonds is 2. The molecule has 2 N–H and O–H groups in total. The van der Waals surface area contributed by atoms with Crippen LogP contribution in [-0.2, 0) is 16.1 Å². The second-order valence-electron chi connectivity index (χ2n) is 9.01. The van der Waals surface area contributed by atoms with Crippen LogP contribution in [0.25, 0.3) is 0 Å². The Labute approximate surface area is 210 Å². The molecule has 192 valence electrons. The molecule has 0 saturated heterocycles. The van der Waals surface area contributed by atoms with E-state index in [9.17, 15) is 9.59 Å². The molecule has 2 bridgehead atoms. The Morgan fingerprint density at radius 2 is 1.83 bits per heavy atom. The third-order valence-electron chi connectivity index (χ3n) is 6.42. The number of aromatic nitrogens is 2. The highest BCUT2D eigenvalue weighted by molar-refractivity contribution is 6.13. The van der Waals surface area contributed by atoms with Gasteiger partial charge in [0.15, 0.2) is 11.5 Å². The molecule has 11 heteroatoms. The van der Waals surface area contributed by atoms with Crippen molar-refractivity contribution in [3.05, 3.63) is 29.6 Å². The van der Waals surface area contributed by atoms with Gasteiger partial charge in [0.2, 0.25) is 11.8 Å². The Bertz CT molecular complexity index is 1150. The van der Waals surface area contributed by atoms with Gasteiger partial charge in [-0.1, -0.05) is 0 Å². The first kappa shape index (κ1) is 25.4. The lowest BCUT2D eigenvalue weighted by Gasteiger charge is -2.21. The fraction of sp³-hybridized carbons (Fsp3) is 0.480. The van der Waals surface area contributed by atoms with Crippen LogP contribution in [-0.4, -0.2) is 85.7 Å². The van der Waals surface area contributed by atoms with Crippen molar-refractivity contribution in [3.63, 3.8) is 0 Å². The van der Waals surface area contributed by atoms with Crippen LogP contribution >= 0.6 is 0 Å². The molecule has 0 spiro atoms. The summed E-state index contributed by atoms with van der Waals surface area (Å²) in [6, 6.07) is 3.73. The number of benzene rings is 1. The third-order valence-corrected chi connectivity index (χ3v) is 6.42. The lowest BCUT2D eigenvalue weighted by Crippen LogP contribution is -2.31. The summed E-state index contributed by atoms with van der Waals surface area (Å²) < 4.78 is 11.2. The van der Waals surface area contributed by atoms with Gasteiger partial charge in [-0.05, 0) is 32.5 Å². The van der Waals surface area contributed by atoms with E-state index >= 15 is 0 Å². The molecule has 2 aromatic rings. The maximum atomic E-state index is 12.8. The molecule has 2 aliphatic heterocycles. The number of aliphatic imine (C=N–C) groups is 1. The predicted octanol–water partition coefficient (Wildman–Crippen LogP) is 2.42. The second kappa shape index (κ2) is 11.3. The van der Waals surface area contributed by atoms with Crippen LogP contribution in [0.5, 0.6) is 11.5 Å². The summed E-state index contributed by atoms with van der Waals surface area (Å²) in [5, 5.41) is 6.07. The van der Waals surface area contributed by atoms with Gasteiger partial charge in [-0.15, -0.1) is 0 Å². The molecule has 2 aliphatic rings. The van der Waals surface area contributed by atoms with E-state index in [1.54, 1.807) is 38.4 Å². The summed E-state index contributed by atoms with van der Waals surface area (Å²) in [4.78, 5) is 42.5. The molecule has 0 aliphatic carbocycles. The molecular formula is C25H33N7O4. The third kappa shape index (κ3) is 5.56. The predicted molar refractivity (Wildman–Crippen MR) is 137 cm³/mol. The smallest absolute Gasteiger partial charge is 0.238 e. The largest absolute Gasteiger partial charge is 0.493 e. The molecule has 1 aromatic heterocycles. The molecule has 4 rings (SSSR count). The quantitative estimate of drug-likeness (QED) is 0.652. The molecule has 0 radical (unpaired) electrons. The number of nitrogens with zero attached hydrogens (tertiary/aromatic N) is 5. The van der Waals surface area contributed by atoms with Gasteiger partial charge in [-0.25, -0.2) is 9.97 Å². The molecule has 1 atom stereocenters. The van der Waals surface area contributed by atoms with E-state index < -0.39 is 5.92 Å². The van der Waals surface area contributed by atoms with Crippen LogP contribution in [0.1, 0.15) is 36.3 Å². The molecule has 1 aromatic carbocycles. The van der Waals surface area contributed by atoms with Crippen LogP contribution in [0.2, 0.25) is 0 Å². The van der Waals surface area contributed by atoms with Crippen molar-refractivity contribution in [1.82, 2.24) is 19.8 Å². The van der Waals surface area contributed by atoms with E-state index in [1.165, 1.54) is 6.33 Å². The van der Waals surface area contributed by atoms with Crippen molar-refractivity contribution < 1.29 is 19.1 Å².